The molecule has 1 fully saturated rings. The number of piperazine rings is 1. The topological polar surface area (TPSA) is 111 Å². The lowest BCUT2D eigenvalue weighted by molar-refractivity contribution is -0.136. The number of aromatic nitrogens is 4. The highest BCUT2D eigenvalue weighted by Crippen LogP contribution is 2.22. The molecule has 11 heteroatoms. The van der Waals surface area contributed by atoms with Crippen molar-refractivity contribution in [2.75, 3.05) is 33.3 Å². The van der Waals surface area contributed by atoms with Gasteiger partial charge >= 0.3 is 0 Å². The number of carbonyl (C=O) groups excluding carboxylic acids is 1. The first-order chi connectivity index (χ1) is 15.5. The Balaban J connectivity index is 1.45. The third kappa shape index (κ3) is 4.63. The minimum atomic E-state index is -3.65. The zero-order valence-electron chi connectivity index (χ0n) is 17.6. The van der Waals surface area contributed by atoms with Crippen LogP contribution in [0.1, 0.15) is 11.6 Å². The number of hydrogen-bond donors (Lipinski definition) is 0. The molecular weight excluding hydrogens is 432 g/mol. The van der Waals surface area contributed by atoms with E-state index in [1.165, 1.54) is 34.6 Å². The summed E-state index contributed by atoms with van der Waals surface area (Å²) in [4.78, 5) is 15.2. The van der Waals surface area contributed by atoms with Crippen LogP contribution in [0.25, 0.3) is 0 Å². The fraction of sp³-hybridized carbons (Fsp3) is 0.333. The molecule has 1 aliphatic rings. The van der Waals surface area contributed by atoms with Crippen molar-refractivity contribution in [3.05, 3.63) is 66.5 Å². The average molecular weight is 457 g/mol. The van der Waals surface area contributed by atoms with E-state index in [2.05, 4.69) is 15.5 Å². The lowest BCUT2D eigenvalue weighted by atomic mass is 10.0. The zero-order chi connectivity index (χ0) is 22.6. The molecule has 1 aromatic heterocycles. The van der Waals surface area contributed by atoms with E-state index in [4.69, 9.17) is 4.74 Å². The highest BCUT2D eigenvalue weighted by atomic mass is 32.2. The summed E-state index contributed by atoms with van der Waals surface area (Å²) in [6.45, 7) is 1.02. The maximum Gasteiger partial charge on any atom is 0.248 e. The molecule has 1 amide bonds. The second-order valence-corrected chi connectivity index (χ2v) is 9.34. The van der Waals surface area contributed by atoms with Crippen molar-refractivity contribution >= 4 is 15.9 Å². The summed E-state index contributed by atoms with van der Waals surface area (Å²) in [6.07, 6.45) is 1.87. The van der Waals surface area contributed by atoms with Crippen LogP contribution in [0.5, 0.6) is 5.75 Å². The first-order valence-corrected chi connectivity index (χ1v) is 11.6. The van der Waals surface area contributed by atoms with Crippen LogP contribution in [0.3, 0.4) is 0 Å². The molecule has 32 heavy (non-hydrogen) atoms. The van der Waals surface area contributed by atoms with Crippen molar-refractivity contribution in [3.8, 4) is 5.75 Å². The predicted molar refractivity (Wildman–Crippen MR) is 115 cm³/mol. The van der Waals surface area contributed by atoms with Crippen molar-refractivity contribution in [3.63, 3.8) is 0 Å². The summed E-state index contributed by atoms with van der Waals surface area (Å²) in [6, 6.07) is 15.3. The molecule has 10 nitrogen and oxygen atoms in total. The minimum Gasteiger partial charge on any atom is -0.497 e. The van der Waals surface area contributed by atoms with Crippen molar-refractivity contribution in [1.82, 2.24) is 29.4 Å². The maximum atomic E-state index is 13.3. The summed E-state index contributed by atoms with van der Waals surface area (Å²) < 4.78 is 33.9. The summed E-state index contributed by atoms with van der Waals surface area (Å²) in [5.74, 6) is 0.453. The van der Waals surface area contributed by atoms with Crippen LogP contribution < -0.4 is 4.74 Å². The van der Waals surface area contributed by atoms with Crippen LogP contribution in [0, 0.1) is 0 Å². The first-order valence-electron chi connectivity index (χ1n) is 10.2. The zero-order valence-corrected chi connectivity index (χ0v) is 18.4. The molecule has 4 rings (SSSR count). The number of sulfonamides is 1. The maximum absolute atomic E-state index is 13.3. The first kappa shape index (κ1) is 21.9. The number of methoxy groups -OCH3 is 1. The van der Waals surface area contributed by atoms with Gasteiger partial charge in [-0.15, -0.1) is 5.10 Å². The van der Waals surface area contributed by atoms with E-state index in [-0.39, 0.29) is 23.9 Å². The fourth-order valence-electron chi connectivity index (χ4n) is 3.70. The van der Waals surface area contributed by atoms with Gasteiger partial charge in [0.1, 0.15) is 18.1 Å². The average Bonchev–Trinajstić information content (AvgIpc) is 3.37. The molecule has 168 valence electrons. The van der Waals surface area contributed by atoms with Crippen LogP contribution in [0.4, 0.5) is 0 Å². The molecule has 1 aliphatic heterocycles. The number of amides is 1. The minimum absolute atomic E-state index is 0.136. The summed E-state index contributed by atoms with van der Waals surface area (Å²) in [5.41, 5.74) is 0.988. The molecular formula is C21H24N6O4S. The van der Waals surface area contributed by atoms with E-state index in [0.29, 0.717) is 25.3 Å². The van der Waals surface area contributed by atoms with Crippen LogP contribution >= 0.6 is 0 Å². The van der Waals surface area contributed by atoms with Gasteiger partial charge in [-0.3, -0.25) is 4.79 Å². The standard InChI is InChI=1S/C21H24N6O4S/c1-31-18-7-9-19(10-8-18)32(29,30)26-13-11-25(12-14-26)21(28)20(27-16-22-23-24-27)15-17-5-3-2-4-6-17/h2-10,16,20H,11-15H2,1H3/t20-/m0/s1. The Morgan fingerprint density at radius 2 is 1.72 bits per heavy atom. The molecule has 0 bridgehead atoms. The smallest absolute Gasteiger partial charge is 0.248 e. The van der Waals surface area contributed by atoms with Crippen molar-refractivity contribution < 1.29 is 17.9 Å². The number of hydrogen-bond acceptors (Lipinski definition) is 7. The normalized spacial score (nSPS) is 16.0. The van der Waals surface area contributed by atoms with Gasteiger partial charge in [-0.1, -0.05) is 30.3 Å². The molecule has 0 unspecified atom stereocenters. The van der Waals surface area contributed by atoms with Gasteiger partial charge in [-0.25, -0.2) is 13.1 Å². The van der Waals surface area contributed by atoms with Gasteiger partial charge < -0.3 is 9.64 Å². The van der Waals surface area contributed by atoms with Gasteiger partial charge in [0.15, 0.2) is 0 Å². The quantitative estimate of drug-likeness (QED) is 0.521. The summed E-state index contributed by atoms with van der Waals surface area (Å²) in [5, 5.41) is 11.3. The highest BCUT2D eigenvalue weighted by Gasteiger charge is 2.33. The monoisotopic (exact) mass is 456 g/mol. The Labute approximate surface area is 186 Å². The molecule has 0 spiro atoms. The van der Waals surface area contributed by atoms with Crippen molar-refractivity contribution in [2.45, 2.75) is 17.4 Å². The molecule has 3 aromatic rings. The Hall–Kier alpha value is -3.31. The molecule has 0 aliphatic carbocycles. The SMILES string of the molecule is COc1ccc(S(=O)(=O)N2CCN(C(=O)[C@H](Cc3ccccc3)n3cnnn3)CC2)cc1. The van der Waals surface area contributed by atoms with E-state index in [1.807, 2.05) is 30.3 Å². The van der Waals surface area contributed by atoms with E-state index in [0.717, 1.165) is 5.56 Å². The highest BCUT2D eigenvalue weighted by molar-refractivity contribution is 7.89. The number of tetrazole rings is 1. The second kappa shape index (κ2) is 9.45. The molecule has 0 saturated carbocycles. The second-order valence-electron chi connectivity index (χ2n) is 7.40. The molecule has 1 atom stereocenters. The largest absolute Gasteiger partial charge is 0.497 e. The Bertz CT molecular complexity index is 1130. The van der Waals surface area contributed by atoms with Crippen LogP contribution in [0.15, 0.2) is 65.8 Å². The number of carbonyl (C=O) groups is 1. The summed E-state index contributed by atoms with van der Waals surface area (Å²) in [7, 11) is -2.12. The van der Waals surface area contributed by atoms with E-state index in [9.17, 15) is 13.2 Å². The van der Waals surface area contributed by atoms with Gasteiger partial charge in [-0.05, 0) is 40.3 Å². The summed E-state index contributed by atoms with van der Waals surface area (Å²) >= 11 is 0. The number of ether oxygens (including phenoxy) is 1. The van der Waals surface area contributed by atoms with Gasteiger partial charge in [0, 0.05) is 32.6 Å². The van der Waals surface area contributed by atoms with Crippen LogP contribution in [-0.4, -0.2) is 77.0 Å². The molecule has 0 N–H and O–H groups in total. The van der Waals surface area contributed by atoms with E-state index < -0.39 is 16.1 Å². The number of benzene rings is 2. The molecule has 0 radical (unpaired) electrons. The third-order valence-electron chi connectivity index (χ3n) is 5.49. The Kier molecular flexibility index (Phi) is 6.47. The Morgan fingerprint density at radius 3 is 2.31 bits per heavy atom. The fourth-order valence-corrected chi connectivity index (χ4v) is 5.12. The number of rotatable bonds is 7. The lowest BCUT2D eigenvalue weighted by Gasteiger charge is -2.35. The molecule has 2 heterocycles. The molecule has 1 saturated heterocycles. The van der Waals surface area contributed by atoms with Crippen LogP contribution in [0.2, 0.25) is 0 Å². The van der Waals surface area contributed by atoms with Gasteiger partial charge in [0.25, 0.3) is 0 Å². The van der Waals surface area contributed by atoms with Gasteiger partial charge in [-0.2, -0.15) is 4.31 Å². The van der Waals surface area contributed by atoms with E-state index >= 15 is 0 Å². The molecule has 2 aromatic carbocycles. The number of nitrogens with zero attached hydrogens (tertiary/aromatic N) is 6. The van der Waals surface area contributed by atoms with Crippen LogP contribution in [-0.2, 0) is 21.2 Å². The van der Waals surface area contributed by atoms with Crippen molar-refractivity contribution in [2.24, 2.45) is 0 Å². The van der Waals surface area contributed by atoms with E-state index in [1.54, 1.807) is 17.0 Å². The predicted octanol–water partition coefficient (Wildman–Crippen LogP) is 0.999. The third-order valence-corrected chi connectivity index (χ3v) is 7.40. The Morgan fingerprint density at radius 1 is 1.03 bits per heavy atom. The lowest BCUT2D eigenvalue weighted by Crippen LogP contribution is -2.52. The van der Waals surface area contributed by atoms with Gasteiger partial charge in [0.2, 0.25) is 15.9 Å². The van der Waals surface area contributed by atoms with Gasteiger partial charge in [0.05, 0.1) is 12.0 Å². The van der Waals surface area contributed by atoms with Crippen molar-refractivity contribution in [1.29, 1.82) is 0 Å².